The Bertz CT molecular complexity index is 1220. The fourth-order valence-corrected chi connectivity index (χ4v) is 4.71. The highest BCUT2D eigenvalue weighted by molar-refractivity contribution is 7.99. The average molecular weight is 497 g/mol. The number of hydrogen-bond acceptors (Lipinski definition) is 6. The normalized spacial score (nSPS) is 11.9. The van der Waals surface area contributed by atoms with Crippen LogP contribution < -0.4 is 5.56 Å². The van der Waals surface area contributed by atoms with Crippen molar-refractivity contribution in [1.29, 1.82) is 0 Å². The number of thioether (sulfide) groups is 1. The summed E-state index contributed by atoms with van der Waals surface area (Å²) >= 11 is 1.53. The Kier molecular flexibility index (Phi) is 9.90. The van der Waals surface area contributed by atoms with Crippen molar-refractivity contribution in [3.8, 4) is 0 Å². The molecule has 0 aliphatic heterocycles. The van der Waals surface area contributed by atoms with E-state index in [1.807, 2.05) is 12.1 Å². The zero-order valence-corrected chi connectivity index (χ0v) is 21.1. The lowest BCUT2D eigenvalue weighted by Crippen LogP contribution is -2.24. The molecule has 3 rings (SSSR count). The van der Waals surface area contributed by atoms with Gasteiger partial charge >= 0.3 is 11.9 Å². The SMILES string of the molecule is CCCCC(CC)COC(=O)CCSc1ccc2c(=O)n(Cc3ccccc3C(=O)O)ncc2c1. The molecule has 0 aliphatic carbocycles. The smallest absolute Gasteiger partial charge is 0.336 e. The summed E-state index contributed by atoms with van der Waals surface area (Å²) in [4.78, 5) is 37.4. The molecule has 0 saturated carbocycles. The molecule has 186 valence electrons. The Morgan fingerprint density at radius 2 is 1.97 bits per heavy atom. The molecule has 1 N–H and O–H groups in total. The highest BCUT2D eigenvalue weighted by Gasteiger charge is 2.13. The summed E-state index contributed by atoms with van der Waals surface area (Å²) in [5.41, 5.74) is 0.387. The minimum absolute atomic E-state index is 0.0766. The van der Waals surface area contributed by atoms with Gasteiger partial charge in [0, 0.05) is 16.0 Å². The van der Waals surface area contributed by atoms with Crippen LogP contribution in [0.4, 0.5) is 0 Å². The van der Waals surface area contributed by atoms with Crippen LogP contribution in [0.1, 0.15) is 61.9 Å². The molecule has 0 spiro atoms. The lowest BCUT2D eigenvalue weighted by atomic mass is 10.0. The molecule has 8 heteroatoms. The third-order valence-corrected chi connectivity index (χ3v) is 6.99. The molecule has 0 fully saturated rings. The van der Waals surface area contributed by atoms with Crippen LogP contribution in [-0.2, 0) is 16.1 Å². The highest BCUT2D eigenvalue weighted by atomic mass is 32.2. The van der Waals surface area contributed by atoms with Crippen molar-refractivity contribution in [2.45, 2.75) is 57.4 Å². The van der Waals surface area contributed by atoms with Gasteiger partial charge in [0.1, 0.15) is 0 Å². The fourth-order valence-electron chi connectivity index (χ4n) is 3.83. The number of aromatic carboxylic acids is 1. The first-order valence-electron chi connectivity index (χ1n) is 12.0. The molecule has 0 saturated heterocycles. The van der Waals surface area contributed by atoms with E-state index in [1.165, 1.54) is 22.5 Å². The molecular weight excluding hydrogens is 464 g/mol. The van der Waals surface area contributed by atoms with Crippen LogP contribution >= 0.6 is 11.8 Å². The van der Waals surface area contributed by atoms with Crippen LogP contribution in [0.3, 0.4) is 0 Å². The molecule has 1 aromatic heterocycles. The Labute approximate surface area is 209 Å². The summed E-state index contributed by atoms with van der Waals surface area (Å²) in [5.74, 6) is -0.200. The molecule has 1 unspecified atom stereocenters. The molecule has 0 bridgehead atoms. The summed E-state index contributed by atoms with van der Waals surface area (Å²) in [7, 11) is 0. The van der Waals surface area contributed by atoms with E-state index in [4.69, 9.17) is 4.74 Å². The number of rotatable bonds is 13. The van der Waals surface area contributed by atoms with E-state index in [2.05, 4.69) is 18.9 Å². The van der Waals surface area contributed by atoms with Gasteiger partial charge < -0.3 is 9.84 Å². The molecule has 3 aromatic rings. The van der Waals surface area contributed by atoms with E-state index >= 15 is 0 Å². The van der Waals surface area contributed by atoms with Crippen molar-refractivity contribution in [2.24, 2.45) is 5.92 Å². The number of ether oxygens (including phenoxy) is 1. The number of carbonyl (C=O) groups excluding carboxylic acids is 1. The number of esters is 1. The molecule has 2 aromatic carbocycles. The van der Waals surface area contributed by atoms with E-state index in [-0.39, 0.29) is 23.6 Å². The van der Waals surface area contributed by atoms with Gasteiger partial charge in [-0.15, -0.1) is 11.8 Å². The number of unbranched alkanes of at least 4 members (excludes halogenated alkanes) is 1. The van der Waals surface area contributed by atoms with Crippen LogP contribution in [0.15, 0.2) is 58.4 Å². The van der Waals surface area contributed by atoms with Crippen molar-refractivity contribution >= 4 is 34.5 Å². The monoisotopic (exact) mass is 496 g/mol. The quantitative estimate of drug-likeness (QED) is 0.250. The molecule has 0 aliphatic rings. The highest BCUT2D eigenvalue weighted by Crippen LogP contribution is 2.23. The van der Waals surface area contributed by atoms with Gasteiger partial charge in [0.15, 0.2) is 0 Å². The maximum absolute atomic E-state index is 12.9. The number of carboxylic acid groups (broad SMARTS) is 1. The van der Waals surface area contributed by atoms with Crippen LogP contribution in [0.5, 0.6) is 0 Å². The van der Waals surface area contributed by atoms with Gasteiger partial charge in [-0.2, -0.15) is 5.10 Å². The Balaban J connectivity index is 1.59. The summed E-state index contributed by atoms with van der Waals surface area (Å²) < 4.78 is 6.73. The largest absolute Gasteiger partial charge is 0.478 e. The second kappa shape index (κ2) is 13.1. The molecule has 1 atom stereocenters. The summed E-state index contributed by atoms with van der Waals surface area (Å²) in [6.45, 7) is 4.86. The van der Waals surface area contributed by atoms with Crippen LogP contribution in [-0.4, -0.2) is 39.2 Å². The Morgan fingerprint density at radius 3 is 2.71 bits per heavy atom. The predicted octanol–water partition coefficient (Wildman–Crippen LogP) is 5.38. The summed E-state index contributed by atoms with van der Waals surface area (Å²) in [6, 6.07) is 12.1. The van der Waals surface area contributed by atoms with E-state index < -0.39 is 5.97 Å². The maximum Gasteiger partial charge on any atom is 0.336 e. The van der Waals surface area contributed by atoms with Gasteiger partial charge in [0.2, 0.25) is 0 Å². The number of aromatic nitrogens is 2. The number of fused-ring (bicyclic) bond motifs is 1. The van der Waals surface area contributed by atoms with Crippen LogP contribution in [0, 0.1) is 5.92 Å². The van der Waals surface area contributed by atoms with Crippen LogP contribution in [0.25, 0.3) is 10.8 Å². The van der Waals surface area contributed by atoms with Crippen molar-refractivity contribution in [1.82, 2.24) is 9.78 Å². The number of carbonyl (C=O) groups is 2. The lowest BCUT2D eigenvalue weighted by molar-refractivity contribution is -0.144. The van der Waals surface area contributed by atoms with Crippen molar-refractivity contribution < 1.29 is 19.4 Å². The topological polar surface area (TPSA) is 98.5 Å². The first-order valence-corrected chi connectivity index (χ1v) is 13.0. The van der Waals surface area contributed by atoms with Gasteiger partial charge in [-0.1, -0.05) is 51.3 Å². The standard InChI is InChI=1S/C27H32N2O5S/c1-3-5-8-19(4-2)18-34-25(30)13-14-35-22-11-12-23-21(15-22)16-28-29(26(23)31)17-20-9-6-7-10-24(20)27(32)33/h6-7,9-12,15-16,19H,3-5,8,13-14,17-18H2,1-2H3,(H,32,33). The fraction of sp³-hybridized carbons (Fsp3) is 0.407. The molecule has 0 amide bonds. The first-order chi connectivity index (χ1) is 16.9. The molecule has 35 heavy (non-hydrogen) atoms. The van der Waals surface area contributed by atoms with Gasteiger partial charge in [-0.25, -0.2) is 9.48 Å². The third kappa shape index (κ3) is 7.42. The Morgan fingerprint density at radius 1 is 1.17 bits per heavy atom. The number of nitrogens with zero attached hydrogens (tertiary/aromatic N) is 2. The van der Waals surface area contributed by atoms with Crippen molar-refractivity contribution in [2.75, 3.05) is 12.4 Å². The van der Waals surface area contributed by atoms with Crippen molar-refractivity contribution in [3.63, 3.8) is 0 Å². The number of benzene rings is 2. The minimum Gasteiger partial charge on any atom is -0.478 e. The molecule has 0 radical (unpaired) electrons. The first kappa shape index (κ1) is 26.5. The Hall–Kier alpha value is -3.13. The maximum atomic E-state index is 12.9. The third-order valence-electron chi connectivity index (χ3n) is 5.99. The summed E-state index contributed by atoms with van der Waals surface area (Å²) in [5, 5.41) is 14.8. The molecule has 7 nitrogen and oxygen atoms in total. The van der Waals surface area contributed by atoms with E-state index in [1.54, 1.807) is 30.5 Å². The lowest BCUT2D eigenvalue weighted by Gasteiger charge is -2.14. The minimum atomic E-state index is -1.04. The van der Waals surface area contributed by atoms with Crippen LogP contribution in [0.2, 0.25) is 0 Å². The van der Waals surface area contributed by atoms with Gasteiger partial charge in [-0.05, 0) is 42.2 Å². The molecule has 1 heterocycles. The van der Waals surface area contributed by atoms with E-state index in [0.29, 0.717) is 41.0 Å². The zero-order chi connectivity index (χ0) is 25.2. The van der Waals surface area contributed by atoms with Gasteiger partial charge in [-0.3, -0.25) is 9.59 Å². The number of hydrogen-bond donors (Lipinski definition) is 1. The number of carboxylic acids is 1. The van der Waals surface area contributed by atoms with E-state index in [0.717, 1.165) is 30.6 Å². The second-order valence-corrected chi connectivity index (χ2v) is 9.69. The van der Waals surface area contributed by atoms with Gasteiger partial charge in [0.25, 0.3) is 5.56 Å². The average Bonchev–Trinajstić information content (AvgIpc) is 2.86. The predicted molar refractivity (Wildman–Crippen MR) is 138 cm³/mol. The zero-order valence-electron chi connectivity index (χ0n) is 20.2. The van der Waals surface area contributed by atoms with Gasteiger partial charge in [0.05, 0.1) is 36.7 Å². The van der Waals surface area contributed by atoms with E-state index in [9.17, 15) is 19.5 Å². The second-order valence-electron chi connectivity index (χ2n) is 8.52. The molecular formula is C27H32N2O5S. The van der Waals surface area contributed by atoms with Crippen molar-refractivity contribution in [3.05, 3.63) is 70.1 Å². The summed E-state index contributed by atoms with van der Waals surface area (Å²) in [6.07, 6.45) is 6.35.